The van der Waals surface area contributed by atoms with Gasteiger partial charge >= 0.3 is 0 Å². The summed E-state index contributed by atoms with van der Waals surface area (Å²) in [5.74, 6) is 0.783. The highest BCUT2D eigenvalue weighted by Crippen LogP contribution is 2.45. The van der Waals surface area contributed by atoms with Crippen molar-refractivity contribution in [1.29, 1.82) is 0 Å². The summed E-state index contributed by atoms with van der Waals surface area (Å²) in [6.45, 7) is 4.92. The van der Waals surface area contributed by atoms with E-state index in [9.17, 15) is 8.78 Å². The van der Waals surface area contributed by atoms with Crippen LogP contribution in [0.5, 0.6) is 0 Å². The van der Waals surface area contributed by atoms with Gasteiger partial charge in [-0.2, -0.15) is 0 Å². The maximum absolute atomic E-state index is 13.3. The molecule has 0 spiro atoms. The Morgan fingerprint density at radius 1 is 1.53 bits per heavy atom. The molecular formula is C11H20F2N3P. The number of nitrogens with zero attached hydrogens (tertiary/aromatic N) is 1. The molecule has 3 nitrogen and oxygen atoms in total. The van der Waals surface area contributed by atoms with E-state index >= 15 is 0 Å². The molecule has 1 rings (SSSR count). The van der Waals surface area contributed by atoms with E-state index in [1.54, 1.807) is 29.3 Å². The van der Waals surface area contributed by atoms with Crippen molar-refractivity contribution >= 4 is 9.24 Å². The molecule has 98 valence electrons. The quantitative estimate of drug-likeness (QED) is 0.802. The van der Waals surface area contributed by atoms with Gasteiger partial charge in [-0.3, -0.25) is 0 Å². The lowest BCUT2D eigenvalue weighted by atomic mass is 9.86. The Morgan fingerprint density at radius 2 is 2.12 bits per heavy atom. The van der Waals surface area contributed by atoms with Gasteiger partial charge in [0, 0.05) is 17.7 Å². The van der Waals surface area contributed by atoms with Crippen LogP contribution in [-0.4, -0.2) is 15.6 Å². The van der Waals surface area contributed by atoms with Crippen LogP contribution in [0.15, 0.2) is 6.20 Å². The van der Waals surface area contributed by atoms with Crippen LogP contribution in [-0.2, 0) is 0 Å². The zero-order chi connectivity index (χ0) is 13.3. The summed E-state index contributed by atoms with van der Waals surface area (Å²) in [6.07, 6.45) is 2.51. The van der Waals surface area contributed by atoms with Crippen LogP contribution in [0.1, 0.15) is 44.2 Å². The fourth-order valence-electron chi connectivity index (χ4n) is 1.47. The van der Waals surface area contributed by atoms with Crippen molar-refractivity contribution in [3.8, 4) is 0 Å². The minimum Gasteiger partial charge on any atom is -0.345 e. The van der Waals surface area contributed by atoms with Crippen molar-refractivity contribution < 1.29 is 8.78 Å². The van der Waals surface area contributed by atoms with E-state index in [0.29, 0.717) is 12.8 Å². The van der Waals surface area contributed by atoms with Gasteiger partial charge in [-0.25, -0.2) is 13.8 Å². The van der Waals surface area contributed by atoms with Gasteiger partial charge in [0.25, 0.3) is 5.66 Å². The number of nitrogens with two attached hydrogens (primary N) is 1. The number of imidazole rings is 1. The maximum atomic E-state index is 13.3. The van der Waals surface area contributed by atoms with Crippen molar-refractivity contribution in [3.05, 3.63) is 17.7 Å². The van der Waals surface area contributed by atoms with Crippen LogP contribution in [0.25, 0.3) is 0 Å². The Morgan fingerprint density at radius 3 is 2.53 bits per heavy atom. The fourth-order valence-corrected chi connectivity index (χ4v) is 1.61. The first kappa shape index (κ1) is 14.5. The van der Waals surface area contributed by atoms with Crippen LogP contribution in [0.4, 0.5) is 8.78 Å². The predicted octanol–water partition coefficient (Wildman–Crippen LogP) is 2.99. The Hall–Kier alpha value is -0.540. The molecule has 6 heteroatoms. The number of nitrogens with one attached hydrogen (secondary N) is 1. The molecule has 0 aliphatic heterocycles. The fraction of sp³-hybridized carbons (Fsp3) is 0.727. The van der Waals surface area contributed by atoms with Gasteiger partial charge in [0.15, 0.2) is 0 Å². The summed E-state index contributed by atoms with van der Waals surface area (Å²) < 4.78 is 26.5. The van der Waals surface area contributed by atoms with E-state index in [2.05, 4.69) is 9.97 Å². The molecule has 1 aromatic rings. The zero-order valence-electron chi connectivity index (χ0n) is 10.4. The minimum absolute atomic E-state index is 0.275. The van der Waals surface area contributed by atoms with E-state index in [1.165, 1.54) is 0 Å². The minimum atomic E-state index is -2.78. The number of H-pyrrole nitrogens is 1. The van der Waals surface area contributed by atoms with Gasteiger partial charge < -0.3 is 10.7 Å². The highest BCUT2D eigenvalue weighted by Gasteiger charge is 2.41. The van der Waals surface area contributed by atoms with Crippen molar-refractivity contribution in [1.82, 2.24) is 9.97 Å². The second-order valence-corrected chi connectivity index (χ2v) is 5.80. The molecule has 0 aromatic carbocycles. The molecule has 0 amide bonds. The van der Waals surface area contributed by atoms with Crippen molar-refractivity contribution in [3.63, 3.8) is 0 Å². The third kappa shape index (κ3) is 3.71. The Balaban J connectivity index is 2.57. The Labute approximate surface area is 103 Å². The number of halogens is 2. The topological polar surface area (TPSA) is 54.7 Å². The van der Waals surface area contributed by atoms with Gasteiger partial charge in [0.1, 0.15) is 5.82 Å². The summed E-state index contributed by atoms with van der Waals surface area (Å²) in [4.78, 5) is 7.07. The number of hydrogen-bond acceptors (Lipinski definition) is 2. The molecule has 0 radical (unpaired) electrons. The van der Waals surface area contributed by atoms with Gasteiger partial charge in [-0.05, 0) is 19.8 Å². The summed E-state index contributed by atoms with van der Waals surface area (Å²) >= 11 is 0. The van der Waals surface area contributed by atoms with E-state index in [4.69, 9.17) is 5.73 Å². The van der Waals surface area contributed by atoms with Gasteiger partial charge in [-0.15, -0.1) is 0 Å². The molecule has 0 aliphatic carbocycles. The van der Waals surface area contributed by atoms with Crippen LogP contribution in [0.3, 0.4) is 0 Å². The van der Waals surface area contributed by atoms with Crippen molar-refractivity contribution in [2.75, 3.05) is 0 Å². The first-order valence-electron chi connectivity index (χ1n) is 5.57. The second kappa shape index (κ2) is 4.99. The van der Waals surface area contributed by atoms with E-state index in [-0.39, 0.29) is 6.04 Å². The van der Waals surface area contributed by atoms with Crippen molar-refractivity contribution in [2.45, 2.75) is 45.3 Å². The Bertz CT molecular complexity index is 371. The first-order chi connectivity index (χ1) is 7.63. The molecule has 3 N–H and O–H groups in total. The average Bonchev–Trinajstić information content (AvgIpc) is 2.59. The van der Waals surface area contributed by atoms with Gasteiger partial charge in [-0.1, -0.05) is 23.1 Å². The largest absolute Gasteiger partial charge is 0.345 e. The lowest BCUT2D eigenvalue weighted by Gasteiger charge is -2.31. The van der Waals surface area contributed by atoms with Crippen LogP contribution >= 0.6 is 9.24 Å². The number of aryl methyl sites for hydroxylation is 1. The molecule has 2 atom stereocenters. The monoisotopic (exact) mass is 263 g/mol. The summed E-state index contributed by atoms with van der Waals surface area (Å²) in [5, 5.41) is 0. The lowest BCUT2D eigenvalue weighted by molar-refractivity contribution is -0.0254. The summed E-state index contributed by atoms with van der Waals surface area (Å²) in [5.41, 5.74) is 2.87. The number of rotatable bonds is 5. The molecule has 0 aliphatic rings. The SMILES string of the molecule is Cc1ncc([C@@H](N)CCC(C)(C)C(F)(F)P)[nH]1. The number of aromatic nitrogens is 2. The third-order valence-electron chi connectivity index (χ3n) is 3.10. The molecule has 17 heavy (non-hydrogen) atoms. The normalized spacial score (nSPS) is 15.0. The van der Waals surface area contributed by atoms with Crippen LogP contribution in [0.2, 0.25) is 0 Å². The van der Waals surface area contributed by atoms with Crippen LogP contribution < -0.4 is 5.73 Å². The lowest BCUT2D eigenvalue weighted by Crippen LogP contribution is -2.31. The highest BCUT2D eigenvalue weighted by atomic mass is 31.0. The number of hydrogen-bond donors (Lipinski definition) is 2. The standard InChI is InChI=1S/C11H20F2N3P/c1-7-15-6-9(16-7)8(14)4-5-10(2,3)11(12,13)17/h6,8H,4-5,14,17H2,1-3H3,(H,15,16)/t8-/m0/s1. The third-order valence-corrected chi connectivity index (χ3v) is 3.89. The predicted molar refractivity (Wildman–Crippen MR) is 67.9 cm³/mol. The molecule has 0 bridgehead atoms. The molecular weight excluding hydrogens is 243 g/mol. The maximum Gasteiger partial charge on any atom is 0.263 e. The summed E-state index contributed by atoms with van der Waals surface area (Å²) in [6, 6.07) is -0.275. The molecule has 1 heterocycles. The Kier molecular flexibility index (Phi) is 4.26. The van der Waals surface area contributed by atoms with Crippen molar-refractivity contribution in [2.24, 2.45) is 11.1 Å². The molecule has 1 aromatic heterocycles. The molecule has 1 unspecified atom stereocenters. The second-order valence-electron chi connectivity index (χ2n) is 5.08. The number of aromatic amines is 1. The van der Waals surface area contributed by atoms with Crippen LogP contribution in [0, 0.1) is 12.3 Å². The molecule has 0 saturated heterocycles. The van der Waals surface area contributed by atoms with E-state index in [0.717, 1.165) is 11.5 Å². The average molecular weight is 263 g/mol. The van der Waals surface area contributed by atoms with E-state index < -0.39 is 11.1 Å². The first-order valence-corrected chi connectivity index (χ1v) is 6.15. The smallest absolute Gasteiger partial charge is 0.263 e. The molecule has 0 saturated carbocycles. The molecule has 0 fully saturated rings. The number of alkyl halides is 2. The summed E-state index contributed by atoms with van der Waals surface area (Å²) in [7, 11) is 1.61. The van der Waals surface area contributed by atoms with E-state index in [1.807, 2.05) is 6.92 Å². The highest BCUT2D eigenvalue weighted by molar-refractivity contribution is 7.18. The van der Waals surface area contributed by atoms with Gasteiger partial charge in [0.05, 0.1) is 5.69 Å². The zero-order valence-corrected chi connectivity index (χ0v) is 11.6. The van der Waals surface area contributed by atoms with Gasteiger partial charge in [0.2, 0.25) is 0 Å².